The van der Waals surface area contributed by atoms with E-state index in [1.54, 1.807) is 0 Å². The molecule has 3 aliphatic carbocycles. The first kappa shape index (κ1) is 16.9. The smallest absolute Gasteiger partial charge is 0.240 e. The largest absolute Gasteiger partial charge is 0.274 e. The third-order valence-corrected chi connectivity index (χ3v) is 7.24. The normalized spacial score (nSPS) is 28.9. The van der Waals surface area contributed by atoms with Gasteiger partial charge in [0.25, 0.3) is 0 Å². The Labute approximate surface area is 171 Å². The van der Waals surface area contributed by atoms with Crippen LogP contribution in [-0.4, -0.2) is 11.8 Å². The van der Waals surface area contributed by atoms with Crippen LogP contribution in [0, 0.1) is 17.7 Å². The zero-order valence-corrected chi connectivity index (χ0v) is 15.9. The molecule has 0 spiro atoms. The predicted molar refractivity (Wildman–Crippen MR) is 107 cm³/mol. The van der Waals surface area contributed by atoms with E-state index in [0.717, 1.165) is 22.3 Å². The fraction of sp³-hybridized carbons (Fsp3) is 0.167. The van der Waals surface area contributed by atoms with Gasteiger partial charge < -0.3 is 0 Å². The number of rotatable bonds is 1. The van der Waals surface area contributed by atoms with Gasteiger partial charge in [0.1, 0.15) is 10.7 Å². The second kappa shape index (κ2) is 5.55. The zero-order chi connectivity index (χ0) is 19.9. The van der Waals surface area contributed by atoms with Crippen molar-refractivity contribution < 1.29 is 14.0 Å². The van der Waals surface area contributed by atoms with Gasteiger partial charge in [0.05, 0.1) is 17.5 Å². The number of alkyl halides is 1. The topological polar surface area (TPSA) is 37.4 Å². The zero-order valence-electron chi connectivity index (χ0n) is 15.2. The van der Waals surface area contributed by atoms with E-state index in [0.29, 0.717) is 5.69 Å². The SMILES string of the molecule is O=C1[C@H]2C3c4ccccc4C(Cl)(c4ccccc43)[C@H]2C(=O)N1c1ccc(F)cc1. The Morgan fingerprint density at radius 2 is 1.34 bits per heavy atom. The molecule has 0 N–H and O–H groups in total. The fourth-order valence-electron chi connectivity index (χ4n) is 5.52. The van der Waals surface area contributed by atoms with Crippen LogP contribution in [0.5, 0.6) is 0 Å². The summed E-state index contributed by atoms with van der Waals surface area (Å²) in [7, 11) is 0. The molecule has 5 heteroatoms. The molecule has 0 unspecified atom stereocenters. The highest BCUT2D eigenvalue weighted by Gasteiger charge is 2.67. The number of carbonyl (C=O) groups is 2. The maximum Gasteiger partial charge on any atom is 0.240 e. The highest BCUT2D eigenvalue weighted by atomic mass is 35.5. The molecule has 7 rings (SSSR count). The third kappa shape index (κ3) is 1.92. The Morgan fingerprint density at radius 3 is 1.93 bits per heavy atom. The number of carbonyl (C=O) groups excluding carboxylic acids is 2. The first-order valence-corrected chi connectivity index (χ1v) is 9.92. The quantitative estimate of drug-likeness (QED) is 0.441. The van der Waals surface area contributed by atoms with Gasteiger partial charge in [-0.25, -0.2) is 9.29 Å². The van der Waals surface area contributed by atoms with E-state index in [4.69, 9.17) is 11.6 Å². The van der Waals surface area contributed by atoms with Crippen molar-refractivity contribution in [2.24, 2.45) is 11.8 Å². The van der Waals surface area contributed by atoms with Crippen LogP contribution < -0.4 is 4.90 Å². The molecule has 0 aromatic heterocycles. The minimum absolute atomic E-state index is 0.227. The van der Waals surface area contributed by atoms with Crippen molar-refractivity contribution in [3.05, 3.63) is 101 Å². The Bertz CT molecular complexity index is 1160. The molecule has 3 nitrogen and oxygen atoms in total. The number of benzene rings is 3. The van der Waals surface area contributed by atoms with Crippen LogP contribution in [0.25, 0.3) is 0 Å². The molecule has 1 aliphatic heterocycles. The predicted octanol–water partition coefficient (Wildman–Crippen LogP) is 4.57. The van der Waals surface area contributed by atoms with E-state index in [1.807, 2.05) is 48.5 Å². The van der Waals surface area contributed by atoms with Gasteiger partial charge in [-0.05, 0) is 46.5 Å². The average Bonchev–Trinajstić information content (AvgIpc) is 3.01. The van der Waals surface area contributed by atoms with Crippen molar-refractivity contribution in [3.63, 3.8) is 0 Å². The molecular formula is C24H15ClFNO2. The minimum Gasteiger partial charge on any atom is -0.274 e. The molecule has 0 saturated carbocycles. The highest BCUT2D eigenvalue weighted by molar-refractivity contribution is 6.33. The summed E-state index contributed by atoms with van der Waals surface area (Å²) >= 11 is 7.34. The molecule has 29 heavy (non-hydrogen) atoms. The Hall–Kier alpha value is -2.98. The van der Waals surface area contributed by atoms with Crippen molar-refractivity contribution in [1.82, 2.24) is 0 Å². The van der Waals surface area contributed by atoms with E-state index in [2.05, 4.69) is 0 Å². The fourth-order valence-corrected chi connectivity index (χ4v) is 6.10. The first-order chi connectivity index (χ1) is 14.0. The monoisotopic (exact) mass is 403 g/mol. The summed E-state index contributed by atoms with van der Waals surface area (Å²) < 4.78 is 13.4. The summed E-state index contributed by atoms with van der Waals surface area (Å²) in [6.07, 6.45) is 0. The summed E-state index contributed by atoms with van der Waals surface area (Å²) in [5.74, 6) is -2.51. The van der Waals surface area contributed by atoms with Gasteiger partial charge in [-0.15, -0.1) is 11.6 Å². The molecule has 142 valence electrons. The van der Waals surface area contributed by atoms with E-state index in [-0.39, 0.29) is 17.7 Å². The van der Waals surface area contributed by atoms with Crippen molar-refractivity contribution in [1.29, 1.82) is 0 Å². The summed E-state index contributed by atoms with van der Waals surface area (Å²) in [4.78, 5) is 27.2. The lowest BCUT2D eigenvalue weighted by molar-refractivity contribution is -0.122. The van der Waals surface area contributed by atoms with E-state index >= 15 is 0 Å². The van der Waals surface area contributed by atoms with Gasteiger partial charge in [0.15, 0.2) is 0 Å². The lowest BCUT2D eigenvalue weighted by Gasteiger charge is -2.50. The van der Waals surface area contributed by atoms with Crippen molar-refractivity contribution in [3.8, 4) is 0 Å². The molecule has 0 radical (unpaired) electrons. The van der Waals surface area contributed by atoms with E-state index < -0.39 is 22.5 Å². The summed E-state index contributed by atoms with van der Waals surface area (Å²) in [5, 5.41) is 0. The molecule has 1 heterocycles. The molecule has 2 bridgehead atoms. The maximum atomic E-state index is 13.6. The van der Waals surface area contributed by atoms with Crippen molar-refractivity contribution in [2.45, 2.75) is 10.8 Å². The van der Waals surface area contributed by atoms with Gasteiger partial charge in [-0.1, -0.05) is 48.5 Å². The molecule has 4 aliphatic rings. The van der Waals surface area contributed by atoms with Gasteiger partial charge in [0, 0.05) is 5.92 Å². The van der Waals surface area contributed by atoms with E-state index in [9.17, 15) is 14.0 Å². The highest BCUT2D eigenvalue weighted by Crippen LogP contribution is 2.65. The molecule has 1 fully saturated rings. The van der Waals surface area contributed by atoms with Crippen LogP contribution in [0.1, 0.15) is 28.2 Å². The van der Waals surface area contributed by atoms with Crippen LogP contribution in [0.15, 0.2) is 72.8 Å². The minimum atomic E-state index is -1.10. The molecule has 2 atom stereocenters. The van der Waals surface area contributed by atoms with Gasteiger partial charge in [0.2, 0.25) is 11.8 Å². The summed E-state index contributed by atoms with van der Waals surface area (Å²) in [6, 6.07) is 21.1. The third-order valence-electron chi connectivity index (χ3n) is 6.60. The summed E-state index contributed by atoms with van der Waals surface area (Å²) in [6.45, 7) is 0. The number of hydrogen-bond acceptors (Lipinski definition) is 2. The van der Waals surface area contributed by atoms with Crippen LogP contribution in [-0.2, 0) is 14.5 Å². The van der Waals surface area contributed by atoms with Crippen molar-refractivity contribution >= 4 is 29.1 Å². The lowest BCUT2D eigenvalue weighted by Crippen LogP contribution is -2.50. The molecule has 2 amide bonds. The molecule has 3 aromatic rings. The maximum absolute atomic E-state index is 13.6. The average molecular weight is 404 g/mol. The number of nitrogens with zero attached hydrogens (tertiary/aromatic N) is 1. The van der Waals surface area contributed by atoms with Crippen LogP contribution in [0.4, 0.5) is 10.1 Å². The number of amides is 2. The van der Waals surface area contributed by atoms with E-state index in [1.165, 1.54) is 29.2 Å². The molecule has 1 saturated heterocycles. The standard InChI is InChI=1S/C24H15ClFNO2/c25-24-17-7-3-1-5-15(17)19(16-6-2-4-8-18(16)24)20-21(24)23(29)27(22(20)28)14-11-9-13(26)10-12-14/h1-12,19-21H/t19?,20-,21+,24?/m0/s1. The molecular weight excluding hydrogens is 389 g/mol. The van der Waals surface area contributed by atoms with Crippen LogP contribution >= 0.6 is 11.6 Å². The number of hydrogen-bond donors (Lipinski definition) is 0. The number of halogens is 2. The molecule has 3 aromatic carbocycles. The second-order valence-electron chi connectivity index (χ2n) is 7.86. The first-order valence-electron chi connectivity index (χ1n) is 9.54. The van der Waals surface area contributed by atoms with Crippen LogP contribution in [0.2, 0.25) is 0 Å². The Kier molecular flexibility index (Phi) is 3.24. The second-order valence-corrected chi connectivity index (χ2v) is 8.45. The number of imide groups is 1. The Balaban J connectivity index is 1.61. The lowest BCUT2D eigenvalue weighted by atomic mass is 9.54. The van der Waals surface area contributed by atoms with Gasteiger partial charge >= 0.3 is 0 Å². The van der Waals surface area contributed by atoms with Gasteiger partial charge in [-0.3, -0.25) is 9.59 Å². The Morgan fingerprint density at radius 1 is 0.793 bits per heavy atom. The summed E-state index contributed by atoms with van der Waals surface area (Å²) in [5.41, 5.74) is 4.18. The van der Waals surface area contributed by atoms with Gasteiger partial charge in [-0.2, -0.15) is 0 Å². The van der Waals surface area contributed by atoms with Crippen molar-refractivity contribution in [2.75, 3.05) is 4.90 Å². The van der Waals surface area contributed by atoms with Crippen LogP contribution in [0.3, 0.4) is 0 Å². The number of anilines is 1.